The van der Waals surface area contributed by atoms with Gasteiger partial charge in [-0.15, -0.1) is 0 Å². The van der Waals surface area contributed by atoms with Crippen molar-refractivity contribution in [3.05, 3.63) is 82.0 Å². The van der Waals surface area contributed by atoms with Crippen molar-refractivity contribution in [2.75, 3.05) is 5.32 Å². The van der Waals surface area contributed by atoms with Gasteiger partial charge in [-0.2, -0.15) is 9.78 Å². The van der Waals surface area contributed by atoms with Crippen LogP contribution in [-0.2, 0) is 0 Å². The summed E-state index contributed by atoms with van der Waals surface area (Å²) in [5.74, 6) is -2.03. The number of carbonyl (C=O) groups is 1. The van der Waals surface area contributed by atoms with Crippen LogP contribution in [0, 0.1) is 12.7 Å². The van der Waals surface area contributed by atoms with Crippen LogP contribution < -0.4 is 10.9 Å². The highest BCUT2D eigenvalue weighted by molar-refractivity contribution is 6.04. The van der Waals surface area contributed by atoms with Crippen molar-refractivity contribution in [2.24, 2.45) is 0 Å². The van der Waals surface area contributed by atoms with Gasteiger partial charge in [0.25, 0.3) is 11.5 Å². The van der Waals surface area contributed by atoms with E-state index in [1.165, 1.54) is 18.2 Å². The molecule has 0 saturated heterocycles. The topological polar surface area (TPSA) is 84.2 Å². The lowest BCUT2D eigenvalue weighted by Gasteiger charge is -2.10. The number of para-hydroxylation sites is 1. The number of nitrogens with one attached hydrogen (secondary N) is 1. The van der Waals surface area contributed by atoms with Crippen molar-refractivity contribution < 1.29 is 14.3 Å². The Hall–Kier alpha value is -3.48. The molecule has 0 fully saturated rings. The molecule has 3 aromatic rings. The largest absolute Gasteiger partial charge is 0.505 e. The van der Waals surface area contributed by atoms with Crippen molar-refractivity contribution in [2.45, 2.75) is 6.92 Å². The smallest absolute Gasteiger partial charge is 0.280 e. The van der Waals surface area contributed by atoms with E-state index < -0.39 is 23.0 Å². The molecule has 2 aromatic carbocycles. The van der Waals surface area contributed by atoms with Crippen LogP contribution >= 0.6 is 0 Å². The Labute approximate surface area is 142 Å². The lowest BCUT2D eigenvalue weighted by atomic mass is 10.2. The minimum absolute atomic E-state index is 0.0537. The number of rotatable bonds is 3. The third-order valence-electron chi connectivity index (χ3n) is 3.49. The second-order valence-corrected chi connectivity index (χ2v) is 5.40. The summed E-state index contributed by atoms with van der Waals surface area (Å²) in [4.78, 5) is 24.4. The van der Waals surface area contributed by atoms with Crippen molar-refractivity contribution in [3.8, 4) is 11.4 Å². The number of amides is 1. The molecule has 2 N–H and O–H groups in total. The SMILES string of the molecule is Cc1cccc(-n2nc(C(=O)Nc3ccccc3F)c(O)cc2=O)c1. The summed E-state index contributed by atoms with van der Waals surface area (Å²) < 4.78 is 14.7. The summed E-state index contributed by atoms with van der Waals surface area (Å²) in [7, 11) is 0. The monoisotopic (exact) mass is 339 g/mol. The van der Waals surface area contributed by atoms with Gasteiger partial charge in [0.1, 0.15) is 5.82 Å². The summed E-state index contributed by atoms with van der Waals surface area (Å²) in [6.45, 7) is 1.85. The first kappa shape index (κ1) is 16.4. The molecule has 1 aromatic heterocycles. The molecule has 1 amide bonds. The molecule has 6 nitrogen and oxygen atoms in total. The minimum Gasteiger partial charge on any atom is -0.505 e. The van der Waals surface area contributed by atoms with E-state index in [0.717, 1.165) is 16.3 Å². The van der Waals surface area contributed by atoms with Crippen molar-refractivity contribution >= 4 is 11.6 Å². The van der Waals surface area contributed by atoms with E-state index in [2.05, 4.69) is 10.4 Å². The molecule has 126 valence electrons. The standard InChI is InChI=1S/C18H14FN3O3/c1-11-5-4-6-12(9-11)22-16(24)10-15(23)17(21-22)18(25)20-14-8-3-2-7-13(14)19/h2-10,23H,1H3,(H,20,25). The van der Waals surface area contributed by atoms with Gasteiger partial charge in [-0.25, -0.2) is 4.39 Å². The third kappa shape index (κ3) is 3.40. The fourth-order valence-electron chi connectivity index (χ4n) is 2.30. The maximum absolute atomic E-state index is 13.7. The molecular weight excluding hydrogens is 325 g/mol. The zero-order valence-corrected chi connectivity index (χ0v) is 13.2. The lowest BCUT2D eigenvalue weighted by molar-refractivity contribution is 0.101. The summed E-state index contributed by atoms with van der Waals surface area (Å²) in [6, 6.07) is 13.5. The first-order valence-corrected chi connectivity index (χ1v) is 7.42. The Kier molecular flexibility index (Phi) is 4.30. The van der Waals surface area contributed by atoms with E-state index in [0.29, 0.717) is 5.69 Å². The number of benzene rings is 2. The summed E-state index contributed by atoms with van der Waals surface area (Å²) in [6.07, 6.45) is 0. The zero-order valence-electron chi connectivity index (χ0n) is 13.2. The van der Waals surface area contributed by atoms with Crippen LogP contribution in [-0.4, -0.2) is 20.8 Å². The number of anilines is 1. The Morgan fingerprint density at radius 1 is 1.16 bits per heavy atom. The number of nitrogens with zero attached hydrogens (tertiary/aromatic N) is 2. The van der Waals surface area contributed by atoms with Gasteiger partial charge in [-0.3, -0.25) is 9.59 Å². The van der Waals surface area contributed by atoms with Crippen LogP contribution in [0.5, 0.6) is 5.75 Å². The number of aryl methyl sites for hydroxylation is 1. The number of aromatic hydroxyl groups is 1. The first-order chi connectivity index (χ1) is 12.0. The van der Waals surface area contributed by atoms with Crippen LogP contribution in [0.25, 0.3) is 5.69 Å². The fourth-order valence-corrected chi connectivity index (χ4v) is 2.30. The number of halogens is 1. The molecule has 0 spiro atoms. The average molecular weight is 339 g/mol. The Morgan fingerprint density at radius 2 is 1.92 bits per heavy atom. The van der Waals surface area contributed by atoms with Gasteiger partial charge in [0, 0.05) is 6.07 Å². The number of aromatic nitrogens is 2. The highest BCUT2D eigenvalue weighted by Crippen LogP contribution is 2.17. The first-order valence-electron chi connectivity index (χ1n) is 7.42. The number of hydrogen-bond acceptors (Lipinski definition) is 4. The third-order valence-corrected chi connectivity index (χ3v) is 3.49. The van der Waals surface area contributed by atoms with Gasteiger partial charge >= 0.3 is 0 Å². The van der Waals surface area contributed by atoms with E-state index in [1.54, 1.807) is 24.3 Å². The molecule has 7 heteroatoms. The molecule has 0 aliphatic heterocycles. The average Bonchev–Trinajstić information content (AvgIpc) is 2.57. The van der Waals surface area contributed by atoms with Crippen LogP contribution in [0.4, 0.5) is 10.1 Å². The van der Waals surface area contributed by atoms with Crippen LogP contribution in [0.1, 0.15) is 16.1 Å². The van der Waals surface area contributed by atoms with Crippen molar-refractivity contribution in [3.63, 3.8) is 0 Å². The van der Waals surface area contributed by atoms with Crippen LogP contribution in [0.15, 0.2) is 59.4 Å². The Bertz CT molecular complexity index is 1010. The summed E-state index contributed by atoms with van der Waals surface area (Å²) in [5.41, 5.74) is 0.318. The van der Waals surface area contributed by atoms with Gasteiger partial charge in [0.05, 0.1) is 11.4 Å². The molecule has 25 heavy (non-hydrogen) atoms. The molecule has 3 rings (SSSR count). The predicted molar refractivity (Wildman–Crippen MR) is 90.6 cm³/mol. The predicted octanol–water partition coefficient (Wildman–Crippen LogP) is 2.64. The summed E-state index contributed by atoms with van der Waals surface area (Å²) >= 11 is 0. The molecule has 0 atom stereocenters. The maximum Gasteiger partial charge on any atom is 0.280 e. The second-order valence-electron chi connectivity index (χ2n) is 5.40. The van der Waals surface area contributed by atoms with E-state index in [-0.39, 0.29) is 11.4 Å². The molecule has 0 unspecified atom stereocenters. The van der Waals surface area contributed by atoms with Crippen molar-refractivity contribution in [1.82, 2.24) is 9.78 Å². The summed E-state index contributed by atoms with van der Waals surface area (Å²) in [5, 5.41) is 16.2. The van der Waals surface area contributed by atoms with Crippen molar-refractivity contribution in [1.29, 1.82) is 0 Å². The quantitative estimate of drug-likeness (QED) is 0.768. The second kappa shape index (κ2) is 6.56. The molecule has 0 bridgehead atoms. The van der Waals surface area contributed by atoms with Gasteiger partial charge in [0.15, 0.2) is 11.4 Å². The fraction of sp³-hybridized carbons (Fsp3) is 0.0556. The highest BCUT2D eigenvalue weighted by atomic mass is 19.1. The normalized spacial score (nSPS) is 10.5. The molecule has 0 saturated carbocycles. The van der Waals surface area contributed by atoms with Gasteiger partial charge in [0.2, 0.25) is 0 Å². The van der Waals surface area contributed by atoms with E-state index >= 15 is 0 Å². The lowest BCUT2D eigenvalue weighted by Crippen LogP contribution is -2.25. The molecule has 0 aliphatic carbocycles. The minimum atomic E-state index is -0.830. The molecule has 0 radical (unpaired) electrons. The zero-order chi connectivity index (χ0) is 18.0. The van der Waals surface area contributed by atoms with Crippen LogP contribution in [0.3, 0.4) is 0 Å². The Morgan fingerprint density at radius 3 is 2.64 bits per heavy atom. The Balaban J connectivity index is 2.02. The molecular formula is C18H14FN3O3. The molecule has 1 heterocycles. The van der Waals surface area contributed by atoms with E-state index in [4.69, 9.17) is 0 Å². The maximum atomic E-state index is 13.7. The van der Waals surface area contributed by atoms with Gasteiger partial charge < -0.3 is 10.4 Å². The highest BCUT2D eigenvalue weighted by Gasteiger charge is 2.18. The van der Waals surface area contributed by atoms with Crippen LogP contribution in [0.2, 0.25) is 0 Å². The van der Waals surface area contributed by atoms with Gasteiger partial charge in [-0.05, 0) is 36.8 Å². The van der Waals surface area contributed by atoms with E-state index in [9.17, 15) is 19.1 Å². The number of hydrogen-bond donors (Lipinski definition) is 2. The van der Waals surface area contributed by atoms with Gasteiger partial charge in [-0.1, -0.05) is 24.3 Å². The number of carbonyl (C=O) groups excluding carboxylic acids is 1. The molecule has 0 aliphatic rings. The van der Waals surface area contributed by atoms with E-state index in [1.807, 2.05) is 13.0 Å².